The van der Waals surface area contributed by atoms with Gasteiger partial charge < -0.3 is 19.5 Å². The van der Waals surface area contributed by atoms with E-state index in [-0.39, 0.29) is 25.0 Å². The molecule has 0 unspecified atom stereocenters. The minimum atomic E-state index is -0.444. The number of esters is 1. The molecule has 124 valence electrons. The van der Waals surface area contributed by atoms with Crippen LogP contribution in [-0.2, 0) is 20.7 Å². The second-order valence-electron chi connectivity index (χ2n) is 5.50. The van der Waals surface area contributed by atoms with Gasteiger partial charge in [-0.05, 0) is 30.7 Å². The zero-order valence-electron chi connectivity index (χ0n) is 13.2. The molecule has 6 heteroatoms. The van der Waals surface area contributed by atoms with Gasteiger partial charge in [-0.15, -0.1) is 0 Å². The number of aromatic amines is 1. The van der Waals surface area contributed by atoms with Crippen molar-refractivity contribution in [2.75, 3.05) is 6.61 Å². The van der Waals surface area contributed by atoms with Gasteiger partial charge in [0.05, 0.1) is 18.7 Å². The molecule has 1 aromatic carbocycles. The van der Waals surface area contributed by atoms with Crippen LogP contribution in [0.25, 0.3) is 10.9 Å². The summed E-state index contributed by atoms with van der Waals surface area (Å²) >= 11 is 0. The molecule has 6 nitrogen and oxygen atoms in total. The lowest BCUT2D eigenvalue weighted by Gasteiger charge is -2.11. The van der Waals surface area contributed by atoms with E-state index >= 15 is 0 Å². The van der Waals surface area contributed by atoms with Gasteiger partial charge in [0.25, 0.3) is 5.91 Å². The van der Waals surface area contributed by atoms with Crippen LogP contribution in [0.2, 0.25) is 0 Å². The van der Waals surface area contributed by atoms with Crippen molar-refractivity contribution in [1.82, 2.24) is 10.3 Å². The molecule has 0 radical (unpaired) electrons. The molecule has 1 amide bonds. The number of carbonyl (C=O) groups excluding carboxylic acids is 2. The Labute approximate surface area is 138 Å². The highest BCUT2D eigenvalue weighted by molar-refractivity contribution is 5.88. The van der Waals surface area contributed by atoms with E-state index in [1.54, 1.807) is 31.5 Å². The van der Waals surface area contributed by atoms with Gasteiger partial charge in [-0.25, -0.2) is 0 Å². The summed E-state index contributed by atoms with van der Waals surface area (Å²) in [6.07, 6.45) is 3.44. The lowest BCUT2D eigenvalue weighted by molar-refractivity contribution is -0.148. The summed E-state index contributed by atoms with van der Waals surface area (Å²) in [5, 5.41) is 3.69. The molecule has 1 atom stereocenters. The number of hydrogen-bond donors (Lipinski definition) is 2. The summed E-state index contributed by atoms with van der Waals surface area (Å²) in [7, 11) is 0. The summed E-state index contributed by atoms with van der Waals surface area (Å²) in [5.74, 6) is -0.166. The maximum Gasteiger partial charge on any atom is 0.310 e. The molecule has 0 saturated heterocycles. The van der Waals surface area contributed by atoms with Crippen LogP contribution in [0.15, 0.2) is 53.3 Å². The lowest BCUT2D eigenvalue weighted by atomic mass is 10.1. The number of ether oxygens (including phenoxy) is 1. The van der Waals surface area contributed by atoms with Gasteiger partial charge in [0, 0.05) is 17.1 Å². The molecule has 0 bridgehead atoms. The van der Waals surface area contributed by atoms with E-state index in [1.807, 2.05) is 24.3 Å². The third-order valence-electron chi connectivity index (χ3n) is 3.72. The summed E-state index contributed by atoms with van der Waals surface area (Å²) in [5.41, 5.74) is 1.81. The molecule has 2 aromatic heterocycles. The zero-order chi connectivity index (χ0) is 16.9. The zero-order valence-corrected chi connectivity index (χ0v) is 13.2. The van der Waals surface area contributed by atoms with E-state index in [9.17, 15) is 9.59 Å². The van der Waals surface area contributed by atoms with E-state index in [1.165, 1.54) is 0 Å². The Morgan fingerprint density at radius 2 is 2.08 bits per heavy atom. The first-order chi connectivity index (χ1) is 11.6. The predicted octanol–water partition coefficient (Wildman–Crippen LogP) is 2.72. The van der Waals surface area contributed by atoms with Gasteiger partial charge in [0.15, 0.2) is 6.61 Å². The minimum absolute atomic E-state index is 0.116. The Hall–Kier alpha value is -3.02. The van der Waals surface area contributed by atoms with Crippen LogP contribution in [0.1, 0.15) is 24.3 Å². The number of nitrogens with one attached hydrogen (secondary N) is 2. The molecule has 2 heterocycles. The highest BCUT2D eigenvalue weighted by Crippen LogP contribution is 2.18. The van der Waals surface area contributed by atoms with Crippen LogP contribution in [0.4, 0.5) is 0 Å². The number of hydrogen-bond acceptors (Lipinski definition) is 4. The Morgan fingerprint density at radius 3 is 2.88 bits per heavy atom. The molecule has 0 aliphatic rings. The van der Waals surface area contributed by atoms with Crippen LogP contribution >= 0.6 is 0 Å². The Bertz CT molecular complexity index is 836. The maximum absolute atomic E-state index is 11.9. The summed E-state index contributed by atoms with van der Waals surface area (Å²) in [6, 6.07) is 11.0. The Kier molecular flexibility index (Phi) is 4.65. The monoisotopic (exact) mass is 326 g/mol. The van der Waals surface area contributed by atoms with Gasteiger partial charge in [0.1, 0.15) is 5.76 Å². The predicted molar refractivity (Wildman–Crippen MR) is 88.2 cm³/mol. The van der Waals surface area contributed by atoms with Gasteiger partial charge in [-0.2, -0.15) is 0 Å². The number of benzene rings is 1. The van der Waals surface area contributed by atoms with Crippen molar-refractivity contribution < 1.29 is 18.7 Å². The molecule has 3 aromatic rings. The third kappa shape index (κ3) is 3.65. The second-order valence-corrected chi connectivity index (χ2v) is 5.50. The molecule has 24 heavy (non-hydrogen) atoms. The average molecular weight is 326 g/mol. The van der Waals surface area contributed by atoms with E-state index in [0.29, 0.717) is 5.76 Å². The van der Waals surface area contributed by atoms with Crippen molar-refractivity contribution in [2.24, 2.45) is 0 Å². The van der Waals surface area contributed by atoms with Crippen LogP contribution < -0.4 is 5.32 Å². The molecule has 0 fully saturated rings. The lowest BCUT2D eigenvalue weighted by Crippen LogP contribution is -2.31. The SMILES string of the molecule is C[C@H](NC(=O)COC(=O)Cc1c[nH]c2ccccc12)c1ccco1. The number of aromatic nitrogens is 1. The first-order valence-electron chi connectivity index (χ1n) is 7.67. The van der Waals surface area contributed by atoms with Crippen molar-refractivity contribution in [3.8, 4) is 0 Å². The number of carbonyl (C=O) groups is 2. The fourth-order valence-corrected chi connectivity index (χ4v) is 2.52. The van der Waals surface area contributed by atoms with E-state index < -0.39 is 5.97 Å². The van der Waals surface area contributed by atoms with Crippen LogP contribution in [0.5, 0.6) is 0 Å². The fraction of sp³-hybridized carbons (Fsp3) is 0.222. The molecule has 0 saturated carbocycles. The third-order valence-corrected chi connectivity index (χ3v) is 3.72. The van der Waals surface area contributed by atoms with Crippen LogP contribution in [0.3, 0.4) is 0 Å². The minimum Gasteiger partial charge on any atom is -0.467 e. The maximum atomic E-state index is 11.9. The van der Waals surface area contributed by atoms with Crippen molar-refractivity contribution in [1.29, 1.82) is 0 Å². The highest BCUT2D eigenvalue weighted by atomic mass is 16.5. The van der Waals surface area contributed by atoms with Gasteiger partial charge in [0.2, 0.25) is 0 Å². The van der Waals surface area contributed by atoms with Crippen molar-refractivity contribution >= 4 is 22.8 Å². The summed E-state index contributed by atoms with van der Waals surface area (Å²) in [6.45, 7) is 1.48. The number of rotatable bonds is 6. The van der Waals surface area contributed by atoms with Crippen LogP contribution in [-0.4, -0.2) is 23.5 Å². The first kappa shape index (κ1) is 15.9. The van der Waals surface area contributed by atoms with E-state index in [0.717, 1.165) is 16.5 Å². The smallest absolute Gasteiger partial charge is 0.310 e. The average Bonchev–Trinajstić information content (AvgIpc) is 3.23. The topological polar surface area (TPSA) is 84.3 Å². The number of amides is 1. The standard InChI is InChI=1S/C18H18N2O4/c1-12(16-7-4-8-23-16)20-17(21)11-24-18(22)9-13-10-19-15-6-3-2-5-14(13)15/h2-8,10,12,19H,9,11H2,1H3,(H,20,21)/t12-/m0/s1. The first-order valence-corrected chi connectivity index (χ1v) is 7.67. The van der Waals surface area contributed by atoms with Gasteiger partial charge in [-0.1, -0.05) is 18.2 Å². The normalized spacial score (nSPS) is 12.0. The highest BCUT2D eigenvalue weighted by Gasteiger charge is 2.14. The molecule has 2 N–H and O–H groups in total. The van der Waals surface area contributed by atoms with Crippen LogP contribution in [0, 0.1) is 0 Å². The Morgan fingerprint density at radius 1 is 1.25 bits per heavy atom. The largest absolute Gasteiger partial charge is 0.467 e. The van der Waals surface area contributed by atoms with E-state index in [2.05, 4.69) is 10.3 Å². The molecular formula is C18H18N2O4. The Balaban J connectivity index is 1.49. The molecule has 0 spiro atoms. The molecule has 0 aliphatic heterocycles. The number of fused-ring (bicyclic) bond motifs is 1. The molecular weight excluding hydrogens is 308 g/mol. The number of para-hydroxylation sites is 1. The van der Waals surface area contributed by atoms with E-state index in [4.69, 9.17) is 9.15 Å². The van der Waals surface area contributed by atoms with Crippen molar-refractivity contribution in [2.45, 2.75) is 19.4 Å². The number of H-pyrrole nitrogens is 1. The second kappa shape index (κ2) is 7.04. The van der Waals surface area contributed by atoms with Crippen molar-refractivity contribution in [3.05, 3.63) is 60.2 Å². The molecule has 3 rings (SSSR count). The van der Waals surface area contributed by atoms with Crippen molar-refractivity contribution in [3.63, 3.8) is 0 Å². The molecule has 0 aliphatic carbocycles. The van der Waals surface area contributed by atoms with Gasteiger partial charge >= 0.3 is 5.97 Å². The number of furan rings is 1. The summed E-state index contributed by atoms with van der Waals surface area (Å²) < 4.78 is 10.3. The quantitative estimate of drug-likeness (QED) is 0.682. The van der Waals surface area contributed by atoms with Gasteiger partial charge in [-0.3, -0.25) is 9.59 Å². The fourth-order valence-electron chi connectivity index (χ4n) is 2.52. The summed E-state index contributed by atoms with van der Waals surface area (Å²) in [4.78, 5) is 26.9.